The molecular weight excluding hydrogens is 420 g/mol. The van der Waals surface area contributed by atoms with Crippen molar-refractivity contribution < 1.29 is 19.2 Å². The van der Waals surface area contributed by atoms with Crippen LogP contribution >= 0.6 is 0 Å². The van der Waals surface area contributed by atoms with Crippen molar-refractivity contribution in [2.45, 2.75) is 60.0 Å². The van der Waals surface area contributed by atoms with Crippen LogP contribution in [0.2, 0.25) is 0 Å². The number of benzene rings is 1. The molecule has 0 unspecified atom stereocenters. The molecule has 2 aromatic heterocycles. The Labute approximate surface area is 194 Å². The summed E-state index contributed by atoms with van der Waals surface area (Å²) in [4.78, 5) is 20.9. The summed E-state index contributed by atoms with van der Waals surface area (Å²) in [5.74, 6) is 1.44. The third-order valence-electron chi connectivity index (χ3n) is 5.29. The zero-order valence-corrected chi connectivity index (χ0v) is 19.9. The van der Waals surface area contributed by atoms with E-state index in [4.69, 9.17) is 14.4 Å². The minimum atomic E-state index is -0.0638. The average molecular weight is 453 g/mol. The minimum Gasteiger partial charge on any atom is -0.475 e. The number of nitrogens with one attached hydrogen (secondary N) is 1. The maximum absolute atomic E-state index is 11.9. The number of nitrogens with zero attached hydrogens (tertiary/aromatic N) is 3. The molecule has 2 N–H and O–H groups in total. The van der Waals surface area contributed by atoms with Crippen LogP contribution in [0.15, 0.2) is 28.9 Å². The Hall–Kier alpha value is -3.26. The first-order valence-electron chi connectivity index (χ1n) is 11.3. The van der Waals surface area contributed by atoms with Crippen LogP contribution in [0.4, 0.5) is 0 Å². The van der Waals surface area contributed by atoms with Crippen molar-refractivity contribution in [3.05, 3.63) is 46.6 Å². The second-order valence-corrected chi connectivity index (χ2v) is 8.29. The average Bonchev–Trinajstić information content (AvgIpc) is 3.27. The molecule has 0 aliphatic heterocycles. The Morgan fingerprint density at radius 3 is 2.61 bits per heavy atom. The smallest absolute Gasteiger partial charge is 0.259 e. The highest BCUT2D eigenvalue weighted by atomic mass is 16.5. The van der Waals surface area contributed by atoms with Gasteiger partial charge in [0.25, 0.3) is 5.89 Å². The molecule has 0 aliphatic rings. The summed E-state index contributed by atoms with van der Waals surface area (Å²) in [6.07, 6.45) is 3.57. The first kappa shape index (κ1) is 24.4. The van der Waals surface area contributed by atoms with Crippen LogP contribution in [0.5, 0.6) is 5.88 Å². The summed E-state index contributed by atoms with van der Waals surface area (Å²) in [5, 5.41) is 15.7. The Bertz CT molecular complexity index is 1110. The van der Waals surface area contributed by atoms with Crippen molar-refractivity contribution in [3.8, 4) is 28.7 Å². The molecule has 0 aliphatic carbocycles. The summed E-state index contributed by atoms with van der Waals surface area (Å²) >= 11 is 0. The lowest BCUT2D eigenvalue weighted by Crippen LogP contribution is -2.26. The standard InChI is InChI=1S/C25H32N4O4/c1-6-18-13-19(11-16(4)21(18)7-8-22(31)26-9-10-30)23-28-25(33-29-23)20-12-17(5)24(27-14-20)32-15(2)3/h11-15,30H,6-10H2,1-5H3,(H,26,31). The quantitative estimate of drug-likeness (QED) is 0.481. The van der Waals surface area contributed by atoms with Gasteiger partial charge < -0.3 is 19.7 Å². The summed E-state index contributed by atoms with van der Waals surface area (Å²) < 4.78 is 11.2. The Balaban J connectivity index is 1.81. The molecule has 0 atom stereocenters. The highest BCUT2D eigenvalue weighted by Gasteiger charge is 2.16. The number of carbonyl (C=O) groups is 1. The van der Waals surface area contributed by atoms with Crippen LogP contribution in [-0.4, -0.2) is 45.4 Å². The van der Waals surface area contributed by atoms with Crippen molar-refractivity contribution in [3.63, 3.8) is 0 Å². The van der Waals surface area contributed by atoms with Gasteiger partial charge in [-0.05, 0) is 75.4 Å². The number of hydrogen-bond donors (Lipinski definition) is 2. The van der Waals surface area contributed by atoms with Gasteiger partial charge in [0.2, 0.25) is 17.6 Å². The molecule has 8 nitrogen and oxygen atoms in total. The molecule has 0 saturated carbocycles. The fraction of sp³-hybridized carbons (Fsp3) is 0.440. The lowest BCUT2D eigenvalue weighted by Gasteiger charge is -2.13. The topological polar surface area (TPSA) is 110 Å². The monoisotopic (exact) mass is 452 g/mol. The zero-order chi connectivity index (χ0) is 24.0. The van der Waals surface area contributed by atoms with E-state index >= 15 is 0 Å². The number of aliphatic hydroxyl groups is 1. The van der Waals surface area contributed by atoms with Gasteiger partial charge in [-0.1, -0.05) is 12.1 Å². The highest BCUT2D eigenvalue weighted by Crippen LogP contribution is 2.28. The van der Waals surface area contributed by atoms with E-state index in [-0.39, 0.29) is 25.2 Å². The SMILES string of the molecule is CCc1cc(-c2noc(-c3cnc(OC(C)C)c(C)c3)n2)cc(C)c1CCC(=O)NCCO. The molecule has 1 aromatic carbocycles. The first-order valence-corrected chi connectivity index (χ1v) is 11.3. The van der Waals surface area contributed by atoms with Crippen LogP contribution in [0, 0.1) is 13.8 Å². The fourth-order valence-corrected chi connectivity index (χ4v) is 3.70. The third kappa shape index (κ3) is 6.16. The molecule has 0 bridgehead atoms. The van der Waals surface area contributed by atoms with Gasteiger partial charge in [-0.25, -0.2) is 4.98 Å². The van der Waals surface area contributed by atoms with Crippen molar-refractivity contribution >= 4 is 5.91 Å². The number of carbonyl (C=O) groups excluding carboxylic acids is 1. The van der Waals surface area contributed by atoms with Gasteiger partial charge in [0.05, 0.1) is 18.3 Å². The normalized spacial score (nSPS) is 11.1. The van der Waals surface area contributed by atoms with E-state index in [0.717, 1.165) is 39.8 Å². The molecule has 33 heavy (non-hydrogen) atoms. The van der Waals surface area contributed by atoms with Gasteiger partial charge in [0.1, 0.15) is 0 Å². The first-order chi connectivity index (χ1) is 15.8. The van der Waals surface area contributed by atoms with Crippen molar-refractivity contribution in [2.24, 2.45) is 0 Å². The highest BCUT2D eigenvalue weighted by molar-refractivity contribution is 5.76. The van der Waals surface area contributed by atoms with E-state index in [0.29, 0.717) is 30.4 Å². The number of aromatic nitrogens is 3. The molecule has 1 amide bonds. The van der Waals surface area contributed by atoms with E-state index < -0.39 is 0 Å². The number of rotatable bonds is 10. The van der Waals surface area contributed by atoms with E-state index in [1.54, 1.807) is 6.20 Å². The number of amides is 1. The van der Waals surface area contributed by atoms with Crippen molar-refractivity contribution in [1.82, 2.24) is 20.4 Å². The van der Waals surface area contributed by atoms with Crippen molar-refractivity contribution in [2.75, 3.05) is 13.2 Å². The lowest BCUT2D eigenvalue weighted by atomic mass is 9.93. The van der Waals surface area contributed by atoms with Crippen LogP contribution in [-0.2, 0) is 17.6 Å². The number of aliphatic hydroxyl groups excluding tert-OH is 1. The molecule has 0 spiro atoms. The Morgan fingerprint density at radius 1 is 1.18 bits per heavy atom. The fourth-order valence-electron chi connectivity index (χ4n) is 3.70. The van der Waals surface area contributed by atoms with Crippen LogP contribution in [0.1, 0.15) is 49.4 Å². The molecular formula is C25H32N4O4. The van der Waals surface area contributed by atoms with Gasteiger partial charge >= 0.3 is 0 Å². The number of pyridine rings is 1. The van der Waals surface area contributed by atoms with Gasteiger partial charge in [-0.3, -0.25) is 4.79 Å². The molecule has 0 saturated heterocycles. The lowest BCUT2D eigenvalue weighted by molar-refractivity contribution is -0.121. The Morgan fingerprint density at radius 2 is 1.94 bits per heavy atom. The maximum atomic E-state index is 11.9. The maximum Gasteiger partial charge on any atom is 0.259 e. The summed E-state index contributed by atoms with van der Waals surface area (Å²) in [5.41, 5.74) is 5.90. The molecule has 8 heteroatoms. The van der Waals surface area contributed by atoms with Gasteiger partial charge in [-0.2, -0.15) is 4.98 Å². The van der Waals surface area contributed by atoms with E-state index in [9.17, 15) is 4.79 Å². The number of ether oxygens (including phenoxy) is 1. The van der Waals surface area contributed by atoms with Gasteiger partial charge in [-0.15, -0.1) is 0 Å². The van der Waals surface area contributed by atoms with Crippen molar-refractivity contribution in [1.29, 1.82) is 0 Å². The zero-order valence-electron chi connectivity index (χ0n) is 19.9. The van der Waals surface area contributed by atoms with E-state index in [2.05, 4.69) is 33.4 Å². The molecule has 0 radical (unpaired) electrons. The molecule has 176 valence electrons. The van der Waals surface area contributed by atoms with Crippen LogP contribution < -0.4 is 10.1 Å². The summed E-state index contributed by atoms with van der Waals surface area (Å²) in [6, 6.07) is 6.01. The summed E-state index contributed by atoms with van der Waals surface area (Å²) in [6.45, 7) is 10.2. The molecule has 3 aromatic rings. The second-order valence-electron chi connectivity index (χ2n) is 8.29. The minimum absolute atomic E-state index is 0.0472. The molecule has 0 fully saturated rings. The largest absolute Gasteiger partial charge is 0.475 e. The van der Waals surface area contributed by atoms with Crippen LogP contribution in [0.3, 0.4) is 0 Å². The van der Waals surface area contributed by atoms with E-state index in [1.165, 1.54) is 0 Å². The second kappa shape index (κ2) is 11.0. The Kier molecular flexibility index (Phi) is 8.16. The van der Waals surface area contributed by atoms with Gasteiger partial charge in [0, 0.05) is 30.3 Å². The number of hydrogen-bond acceptors (Lipinski definition) is 7. The van der Waals surface area contributed by atoms with Gasteiger partial charge in [0.15, 0.2) is 0 Å². The number of aryl methyl sites for hydroxylation is 3. The summed E-state index contributed by atoms with van der Waals surface area (Å²) in [7, 11) is 0. The third-order valence-corrected chi connectivity index (χ3v) is 5.29. The predicted molar refractivity (Wildman–Crippen MR) is 126 cm³/mol. The van der Waals surface area contributed by atoms with Crippen LogP contribution in [0.25, 0.3) is 22.8 Å². The molecule has 2 heterocycles. The predicted octanol–water partition coefficient (Wildman–Crippen LogP) is 3.81. The van der Waals surface area contributed by atoms with E-state index in [1.807, 2.05) is 39.8 Å². The molecule has 3 rings (SSSR count).